The number of nitrogens with one attached hydrogen (secondary N) is 3. The zero-order valence-electron chi connectivity index (χ0n) is 12.8. The molecule has 0 radical (unpaired) electrons. The quantitative estimate of drug-likeness (QED) is 0.632. The monoisotopic (exact) mass is 279 g/mol. The van der Waals surface area contributed by atoms with Crippen LogP contribution in [-0.2, 0) is 4.79 Å². The molecule has 0 saturated heterocycles. The third-order valence-electron chi connectivity index (χ3n) is 2.54. The van der Waals surface area contributed by atoms with Crippen molar-refractivity contribution in [3.05, 3.63) is 11.9 Å². The Labute approximate surface area is 120 Å². The second-order valence-electron chi connectivity index (χ2n) is 5.09. The van der Waals surface area contributed by atoms with Gasteiger partial charge in [-0.05, 0) is 19.8 Å². The van der Waals surface area contributed by atoms with Gasteiger partial charge in [0, 0.05) is 32.1 Å². The maximum Gasteiger partial charge on any atom is 0.220 e. The van der Waals surface area contributed by atoms with E-state index in [0.29, 0.717) is 25.4 Å². The Hall–Kier alpha value is -1.85. The first kappa shape index (κ1) is 16.2. The minimum absolute atomic E-state index is 0.0917. The van der Waals surface area contributed by atoms with Crippen molar-refractivity contribution in [1.29, 1.82) is 0 Å². The summed E-state index contributed by atoms with van der Waals surface area (Å²) in [4.78, 5) is 20.1. The number of nitrogens with zero attached hydrogens (tertiary/aromatic N) is 2. The summed E-state index contributed by atoms with van der Waals surface area (Å²) in [5.41, 5.74) is 0. The van der Waals surface area contributed by atoms with E-state index in [-0.39, 0.29) is 5.91 Å². The molecule has 0 aliphatic heterocycles. The van der Waals surface area contributed by atoms with Crippen molar-refractivity contribution in [3.63, 3.8) is 0 Å². The molecule has 0 aliphatic rings. The lowest BCUT2D eigenvalue weighted by Gasteiger charge is -2.10. The lowest BCUT2D eigenvalue weighted by molar-refractivity contribution is -0.121. The lowest BCUT2D eigenvalue weighted by Crippen LogP contribution is -2.29. The molecule has 3 N–H and O–H groups in total. The average molecular weight is 279 g/mol. The molecule has 0 atom stereocenters. The van der Waals surface area contributed by atoms with Gasteiger partial charge in [0.2, 0.25) is 5.91 Å². The van der Waals surface area contributed by atoms with Crippen LogP contribution in [0.1, 0.15) is 33.0 Å². The topological polar surface area (TPSA) is 78.9 Å². The second-order valence-corrected chi connectivity index (χ2v) is 5.09. The highest BCUT2D eigenvalue weighted by molar-refractivity contribution is 5.76. The van der Waals surface area contributed by atoms with Gasteiger partial charge in [-0.15, -0.1) is 0 Å². The summed E-state index contributed by atoms with van der Waals surface area (Å²) in [7, 11) is 0. The molecular formula is C14H25N5O. The van der Waals surface area contributed by atoms with Crippen molar-refractivity contribution in [2.75, 3.05) is 30.3 Å². The molecule has 0 aromatic carbocycles. The Kier molecular flexibility index (Phi) is 6.76. The van der Waals surface area contributed by atoms with Gasteiger partial charge in [-0.2, -0.15) is 0 Å². The van der Waals surface area contributed by atoms with Gasteiger partial charge in [0.25, 0.3) is 0 Å². The fourth-order valence-corrected chi connectivity index (χ4v) is 1.77. The Morgan fingerprint density at radius 3 is 2.45 bits per heavy atom. The molecule has 0 fully saturated rings. The molecule has 0 unspecified atom stereocenters. The van der Waals surface area contributed by atoms with E-state index < -0.39 is 0 Å². The zero-order valence-corrected chi connectivity index (χ0v) is 12.8. The van der Waals surface area contributed by atoms with E-state index in [4.69, 9.17) is 0 Å². The maximum atomic E-state index is 11.5. The van der Waals surface area contributed by atoms with Crippen molar-refractivity contribution < 1.29 is 4.79 Å². The Morgan fingerprint density at radius 1 is 1.20 bits per heavy atom. The van der Waals surface area contributed by atoms with Crippen molar-refractivity contribution in [1.82, 2.24) is 15.3 Å². The van der Waals surface area contributed by atoms with Crippen molar-refractivity contribution in [3.8, 4) is 0 Å². The molecule has 1 aromatic heterocycles. The number of aromatic nitrogens is 2. The summed E-state index contributed by atoms with van der Waals surface area (Å²) in [6, 6.07) is 1.87. The molecule has 0 saturated carbocycles. The number of carbonyl (C=O) groups excluding carboxylic acids is 1. The van der Waals surface area contributed by atoms with E-state index in [1.165, 1.54) is 0 Å². The van der Waals surface area contributed by atoms with Crippen LogP contribution in [-0.4, -0.2) is 35.5 Å². The third-order valence-corrected chi connectivity index (χ3v) is 2.54. The second kappa shape index (κ2) is 8.35. The third kappa shape index (κ3) is 6.36. The lowest BCUT2D eigenvalue weighted by atomic mass is 10.1. The van der Waals surface area contributed by atoms with E-state index in [1.54, 1.807) is 0 Å². The largest absolute Gasteiger partial charge is 0.370 e. The maximum absolute atomic E-state index is 11.5. The number of hydrogen-bond donors (Lipinski definition) is 3. The number of amides is 1. The van der Waals surface area contributed by atoms with Gasteiger partial charge in [-0.3, -0.25) is 4.79 Å². The number of hydrogen-bond acceptors (Lipinski definition) is 5. The summed E-state index contributed by atoms with van der Waals surface area (Å²) in [6.45, 7) is 10.00. The van der Waals surface area contributed by atoms with Gasteiger partial charge in [-0.1, -0.05) is 13.8 Å². The zero-order chi connectivity index (χ0) is 15.0. The van der Waals surface area contributed by atoms with Gasteiger partial charge in [0.05, 0.1) is 0 Å². The molecule has 1 aromatic rings. The highest BCUT2D eigenvalue weighted by Crippen LogP contribution is 2.10. The van der Waals surface area contributed by atoms with Crippen molar-refractivity contribution in [2.45, 2.75) is 34.1 Å². The van der Waals surface area contributed by atoms with Crippen LogP contribution in [0.5, 0.6) is 0 Å². The van der Waals surface area contributed by atoms with E-state index in [1.807, 2.05) is 33.8 Å². The van der Waals surface area contributed by atoms with Crippen LogP contribution in [0.25, 0.3) is 0 Å². The Balaban J connectivity index is 2.36. The van der Waals surface area contributed by atoms with Gasteiger partial charge in [0.15, 0.2) is 0 Å². The fraction of sp³-hybridized carbons (Fsp3) is 0.643. The van der Waals surface area contributed by atoms with E-state index in [0.717, 1.165) is 24.0 Å². The molecule has 1 heterocycles. The minimum Gasteiger partial charge on any atom is -0.370 e. The van der Waals surface area contributed by atoms with Gasteiger partial charge < -0.3 is 16.0 Å². The average Bonchev–Trinajstić information content (AvgIpc) is 2.33. The Bertz CT molecular complexity index is 434. The van der Waals surface area contributed by atoms with Crippen LogP contribution in [0.4, 0.5) is 11.6 Å². The molecule has 20 heavy (non-hydrogen) atoms. The molecular weight excluding hydrogens is 254 g/mol. The number of carbonyl (C=O) groups is 1. The molecule has 6 nitrogen and oxygen atoms in total. The van der Waals surface area contributed by atoms with Crippen LogP contribution in [0.2, 0.25) is 0 Å². The predicted octanol–water partition coefficient (Wildman–Crippen LogP) is 1.79. The number of rotatable bonds is 8. The molecule has 0 spiro atoms. The summed E-state index contributed by atoms with van der Waals surface area (Å²) in [5, 5.41) is 9.22. The first-order valence-electron chi connectivity index (χ1n) is 7.11. The predicted molar refractivity (Wildman–Crippen MR) is 81.9 cm³/mol. The normalized spacial score (nSPS) is 10.4. The van der Waals surface area contributed by atoms with Crippen molar-refractivity contribution in [2.24, 2.45) is 5.92 Å². The summed E-state index contributed by atoms with van der Waals surface area (Å²) in [5.74, 6) is 2.77. The first-order valence-corrected chi connectivity index (χ1v) is 7.11. The molecule has 6 heteroatoms. The van der Waals surface area contributed by atoms with E-state index >= 15 is 0 Å². The van der Waals surface area contributed by atoms with Crippen LogP contribution in [0, 0.1) is 12.8 Å². The standard InChI is InChI=1S/C14H25N5O/c1-5-15-12-9-13(19-11(4)18-12)16-6-7-17-14(20)8-10(2)3/h9-10H,5-8H2,1-4H3,(H,17,20)(H2,15,16,18,19). The smallest absolute Gasteiger partial charge is 0.220 e. The molecule has 0 bridgehead atoms. The van der Waals surface area contributed by atoms with Crippen LogP contribution in [0.15, 0.2) is 6.07 Å². The highest BCUT2D eigenvalue weighted by Gasteiger charge is 2.04. The molecule has 0 aliphatic carbocycles. The summed E-state index contributed by atoms with van der Waals surface area (Å²) >= 11 is 0. The summed E-state index contributed by atoms with van der Waals surface area (Å²) < 4.78 is 0. The first-order chi connectivity index (χ1) is 9.51. The SMILES string of the molecule is CCNc1cc(NCCNC(=O)CC(C)C)nc(C)n1. The minimum atomic E-state index is 0.0917. The van der Waals surface area contributed by atoms with Crippen LogP contribution < -0.4 is 16.0 Å². The van der Waals surface area contributed by atoms with Crippen LogP contribution in [0.3, 0.4) is 0 Å². The number of anilines is 2. The molecule has 1 rings (SSSR count). The van der Waals surface area contributed by atoms with Crippen molar-refractivity contribution >= 4 is 17.5 Å². The fourth-order valence-electron chi connectivity index (χ4n) is 1.77. The Morgan fingerprint density at radius 2 is 1.85 bits per heavy atom. The van der Waals surface area contributed by atoms with E-state index in [9.17, 15) is 4.79 Å². The van der Waals surface area contributed by atoms with Gasteiger partial charge >= 0.3 is 0 Å². The molecule has 112 valence electrons. The number of aryl methyl sites for hydroxylation is 1. The van der Waals surface area contributed by atoms with Gasteiger partial charge in [-0.25, -0.2) is 9.97 Å². The van der Waals surface area contributed by atoms with Gasteiger partial charge in [0.1, 0.15) is 17.5 Å². The van der Waals surface area contributed by atoms with Crippen LogP contribution >= 0.6 is 0 Å². The summed E-state index contributed by atoms with van der Waals surface area (Å²) in [6.07, 6.45) is 0.567. The molecule has 1 amide bonds. The van der Waals surface area contributed by atoms with E-state index in [2.05, 4.69) is 25.9 Å². The highest BCUT2D eigenvalue weighted by atomic mass is 16.1.